The molecular weight excluding hydrogens is 444 g/mol. The Morgan fingerprint density at radius 1 is 0.722 bits per heavy atom. The van der Waals surface area contributed by atoms with Crippen LogP contribution in [0.15, 0.2) is 102 Å². The molecule has 1 aliphatic rings. The molecule has 1 aliphatic carbocycles. The van der Waals surface area contributed by atoms with Crippen molar-refractivity contribution >= 4 is 0 Å². The average molecular weight is 487 g/mol. The molecule has 4 heteroatoms. The minimum absolute atomic E-state index is 0.485. The summed E-state index contributed by atoms with van der Waals surface area (Å²) in [5.41, 5.74) is 6.66. The standard InChI is InChI=1S/C32H42N2O2/c1-3-5-21-34(22-6-4-2)23-20-33-25-30-18-13-19-31(35-26-28-14-9-7-10-15-28)32(24-30)36-27-29-16-11-8-12-17-29/h7-12,14-19,24,33H,3-6,20-23,25-27H2,1-2H3. The Morgan fingerprint density at radius 2 is 1.31 bits per heavy atom. The Hall–Kier alpha value is -3.04. The molecule has 0 fully saturated rings. The number of allylic oxidation sites excluding steroid dienone is 2. The van der Waals surface area contributed by atoms with Crippen molar-refractivity contribution in [3.8, 4) is 0 Å². The van der Waals surface area contributed by atoms with Gasteiger partial charge in [-0.15, -0.1) is 5.73 Å². The Labute approximate surface area is 218 Å². The largest absolute Gasteiger partial charge is 0.485 e. The SMILES string of the molecule is CCCCN(CCCC)CCNCC1=CC(OCc2ccccc2)=C(OCc2ccccc2)C=C=C1. The number of benzene rings is 2. The van der Waals surface area contributed by atoms with Crippen molar-refractivity contribution < 1.29 is 9.47 Å². The Morgan fingerprint density at radius 3 is 1.89 bits per heavy atom. The van der Waals surface area contributed by atoms with Crippen molar-refractivity contribution in [2.45, 2.75) is 52.7 Å². The second-order valence-corrected chi connectivity index (χ2v) is 9.18. The van der Waals surface area contributed by atoms with E-state index in [9.17, 15) is 0 Å². The van der Waals surface area contributed by atoms with Gasteiger partial charge in [-0.25, -0.2) is 0 Å². The van der Waals surface area contributed by atoms with Gasteiger partial charge in [0.15, 0.2) is 11.5 Å². The second-order valence-electron chi connectivity index (χ2n) is 9.18. The predicted octanol–water partition coefficient (Wildman–Crippen LogP) is 6.77. The monoisotopic (exact) mass is 486 g/mol. The van der Waals surface area contributed by atoms with Gasteiger partial charge in [0.2, 0.25) is 0 Å². The van der Waals surface area contributed by atoms with E-state index in [2.05, 4.69) is 60.1 Å². The first-order valence-corrected chi connectivity index (χ1v) is 13.4. The maximum atomic E-state index is 6.26. The van der Waals surface area contributed by atoms with E-state index in [0.717, 1.165) is 42.1 Å². The first kappa shape index (κ1) is 27.5. The van der Waals surface area contributed by atoms with E-state index in [1.165, 1.54) is 38.8 Å². The van der Waals surface area contributed by atoms with Crippen LogP contribution in [0, 0.1) is 0 Å². The molecule has 4 nitrogen and oxygen atoms in total. The fourth-order valence-corrected chi connectivity index (χ4v) is 3.94. The lowest BCUT2D eigenvalue weighted by Gasteiger charge is -2.22. The van der Waals surface area contributed by atoms with Crippen molar-refractivity contribution in [1.82, 2.24) is 10.2 Å². The Bertz CT molecular complexity index is 997. The summed E-state index contributed by atoms with van der Waals surface area (Å²) in [6, 6.07) is 20.4. The van der Waals surface area contributed by atoms with E-state index in [0.29, 0.717) is 19.0 Å². The van der Waals surface area contributed by atoms with Crippen molar-refractivity contribution in [1.29, 1.82) is 0 Å². The highest BCUT2D eigenvalue weighted by molar-refractivity contribution is 5.37. The van der Waals surface area contributed by atoms with Crippen LogP contribution in [-0.4, -0.2) is 37.6 Å². The molecule has 0 heterocycles. The average Bonchev–Trinajstić information content (AvgIpc) is 3.12. The minimum atomic E-state index is 0.485. The zero-order chi connectivity index (χ0) is 25.3. The predicted molar refractivity (Wildman–Crippen MR) is 149 cm³/mol. The van der Waals surface area contributed by atoms with Crippen LogP contribution in [0.3, 0.4) is 0 Å². The number of ether oxygens (including phenoxy) is 2. The molecule has 1 N–H and O–H groups in total. The minimum Gasteiger partial charge on any atom is -0.485 e. The molecule has 0 spiro atoms. The van der Waals surface area contributed by atoms with Crippen LogP contribution in [0.4, 0.5) is 0 Å². The van der Waals surface area contributed by atoms with E-state index in [1.54, 1.807) is 0 Å². The lowest BCUT2D eigenvalue weighted by molar-refractivity contribution is 0.155. The molecule has 0 radical (unpaired) electrons. The molecule has 0 amide bonds. The number of nitrogens with one attached hydrogen (secondary N) is 1. The number of unbranched alkanes of at least 4 members (excludes halogenated alkanes) is 2. The highest BCUT2D eigenvalue weighted by Crippen LogP contribution is 2.20. The maximum Gasteiger partial charge on any atom is 0.169 e. The quantitative estimate of drug-likeness (QED) is 0.197. The van der Waals surface area contributed by atoms with E-state index >= 15 is 0 Å². The normalized spacial score (nSPS) is 13.1. The van der Waals surface area contributed by atoms with Gasteiger partial charge in [-0.1, -0.05) is 87.4 Å². The number of nitrogens with zero attached hydrogens (tertiary/aromatic N) is 1. The molecule has 0 aromatic heterocycles. The third-order valence-electron chi connectivity index (χ3n) is 6.11. The topological polar surface area (TPSA) is 33.7 Å². The Kier molecular flexibility index (Phi) is 12.7. The van der Waals surface area contributed by atoms with Crippen LogP contribution in [0.25, 0.3) is 0 Å². The van der Waals surface area contributed by atoms with Gasteiger partial charge in [-0.3, -0.25) is 0 Å². The molecule has 2 aromatic carbocycles. The number of rotatable bonds is 17. The van der Waals surface area contributed by atoms with Crippen LogP contribution < -0.4 is 5.32 Å². The molecule has 0 saturated carbocycles. The maximum absolute atomic E-state index is 6.26. The van der Waals surface area contributed by atoms with Crippen molar-refractivity contribution in [2.75, 3.05) is 32.7 Å². The van der Waals surface area contributed by atoms with E-state index < -0.39 is 0 Å². The zero-order valence-electron chi connectivity index (χ0n) is 22.0. The van der Waals surface area contributed by atoms with E-state index in [4.69, 9.17) is 9.47 Å². The van der Waals surface area contributed by atoms with Gasteiger partial charge in [-0.05, 0) is 54.8 Å². The molecule has 36 heavy (non-hydrogen) atoms. The molecule has 0 saturated heterocycles. The highest BCUT2D eigenvalue weighted by Gasteiger charge is 2.11. The molecule has 3 rings (SSSR count). The number of hydrogen-bond acceptors (Lipinski definition) is 4. The molecule has 192 valence electrons. The summed E-state index contributed by atoms with van der Waals surface area (Å²) in [6.07, 6.45) is 11.0. The van der Waals surface area contributed by atoms with Gasteiger partial charge in [0, 0.05) is 25.7 Å². The smallest absolute Gasteiger partial charge is 0.169 e. The fourth-order valence-electron chi connectivity index (χ4n) is 3.94. The van der Waals surface area contributed by atoms with Crippen molar-refractivity contribution in [2.24, 2.45) is 0 Å². The third-order valence-corrected chi connectivity index (χ3v) is 6.11. The fraction of sp³-hybridized carbons (Fsp3) is 0.406. The highest BCUT2D eigenvalue weighted by atomic mass is 16.5. The van der Waals surface area contributed by atoms with E-state index in [1.807, 2.05) is 48.6 Å². The van der Waals surface area contributed by atoms with Crippen LogP contribution in [0.1, 0.15) is 50.7 Å². The molecular formula is C32H42N2O2. The first-order valence-electron chi connectivity index (χ1n) is 13.4. The summed E-state index contributed by atoms with van der Waals surface area (Å²) < 4.78 is 12.4. The summed E-state index contributed by atoms with van der Waals surface area (Å²) in [6.45, 7) is 10.7. The lowest BCUT2D eigenvalue weighted by atomic mass is 10.2. The van der Waals surface area contributed by atoms with Gasteiger partial charge < -0.3 is 19.7 Å². The number of hydrogen-bond donors (Lipinski definition) is 1. The molecule has 2 aromatic rings. The van der Waals surface area contributed by atoms with Gasteiger partial charge in [-0.2, -0.15) is 0 Å². The van der Waals surface area contributed by atoms with Gasteiger partial charge >= 0.3 is 0 Å². The summed E-state index contributed by atoms with van der Waals surface area (Å²) in [5.74, 6) is 1.44. The van der Waals surface area contributed by atoms with Crippen LogP contribution in [0.2, 0.25) is 0 Å². The first-order chi connectivity index (χ1) is 17.8. The van der Waals surface area contributed by atoms with Crippen LogP contribution in [0.5, 0.6) is 0 Å². The van der Waals surface area contributed by atoms with Gasteiger partial charge in [0.05, 0.1) is 0 Å². The van der Waals surface area contributed by atoms with Crippen molar-refractivity contribution in [3.63, 3.8) is 0 Å². The van der Waals surface area contributed by atoms with Crippen LogP contribution in [-0.2, 0) is 22.7 Å². The van der Waals surface area contributed by atoms with Crippen molar-refractivity contribution in [3.05, 3.63) is 113 Å². The summed E-state index contributed by atoms with van der Waals surface area (Å²) in [5, 5.41) is 3.62. The summed E-state index contributed by atoms with van der Waals surface area (Å²) in [4.78, 5) is 2.58. The molecule has 0 unspecified atom stereocenters. The summed E-state index contributed by atoms with van der Waals surface area (Å²) in [7, 11) is 0. The van der Waals surface area contributed by atoms with Crippen LogP contribution >= 0.6 is 0 Å². The van der Waals surface area contributed by atoms with Gasteiger partial charge in [0.1, 0.15) is 13.2 Å². The van der Waals surface area contributed by atoms with Gasteiger partial charge in [0.25, 0.3) is 0 Å². The lowest BCUT2D eigenvalue weighted by Crippen LogP contribution is -2.34. The molecule has 0 aliphatic heterocycles. The molecule has 0 bridgehead atoms. The Balaban J connectivity index is 1.62. The summed E-state index contributed by atoms with van der Waals surface area (Å²) >= 11 is 0. The van der Waals surface area contributed by atoms with E-state index in [-0.39, 0.29) is 0 Å². The third kappa shape index (κ3) is 10.3. The second kappa shape index (κ2) is 16.6. The molecule has 0 atom stereocenters. The zero-order valence-corrected chi connectivity index (χ0v) is 22.0.